The maximum absolute atomic E-state index is 13.8. The molecule has 7 heteroatoms. The van der Waals surface area contributed by atoms with Gasteiger partial charge in [-0.05, 0) is 41.1 Å². The summed E-state index contributed by atoms with van der Waals surface area (Å²) in [6, 6.07) is 17.5. The molecule has 0 fully saturated rings. The lowest BCUT2D eigenvalue weighted by atomic mass is 9.81. The summed E-state index contributed by atoms with van der Waals surface area (Å²) < 4.78 is 4.87. The van der Waals surface area contributed by atoms with E-state index in [1.54, 1.807) is 30.3 Å². The third kappa shape index (κ3) is 4.41. The summed E-state index contributed by atoms with van der Waals surface area (Å²) in [5.41, 5.74) is 1.88. The molecule has 2 amide bonds. The van der Waals surface area contributed by atoms with Crippen molar-refractivity contribution in [2.75, 3.05) is 19.0 Å². The predicted molar refractivity (Wildman–Crippen MR) is 129 cm³/mol. The Morgan fingerprint density at radius 2 is 1.79 bits per heavy atom. The van der Waals surface area contributed by atoms with Crippen molar-refractivity contribution in [1.82, 2.24) is 4.90 Å². The van der Waals surface area contributed by atoms with Crippen molar-refractivity contribution in [2.24, 2.45) is 5.92 Å². The smallest absolute Gasteiger partial charge is 0.339 e. The number of fused-ring (bicyclic) bond motifs is 1. The van der Waals surface area contributed by atoms with E-state index in [1.165, 1.54) is 18.4 Å². The molecule has 1 aliphatic heterocycles. The highest BCUT2D eigenvalue weighted by molar-refractivity contribution is 7.10. The van der Waals surface area contributed by atoms with Gasteiger partial charge in [-0.3, -0.25) is 9.59 Å². The number of carbonyl (C=O) groups is 3. The normalized spacial score (nSPS) is 17.6. The van der Waals surface area contributed by atoms with Crippen LogP contribution in [0.4, 0.5) is 5.69 Å². The highest BCUT2D eigenvalue weighted by Gasteiger charge is 2.44. The van der Waals surface area contributed by atoms with E-state index in [4.69, 9.17) is 4.74 Å². The average molecular weight is 463 g/mol. The predicted octanol–water partition coefficient (Wildman–Crippen LogP) is 5.11. The molecule has 0 unspecified atom stereocenters. The third-order valence-corrected chi connectivity index (χ3v) is 6.65. The molecule has 2 aromatic carbocycles. The van der Waals surface area contributed by atoms with Gasteiger partial charge in [0, 0.05) is 17.0 Å². The van der Waals surface area contributed by atoms with E-state index >= 15 is 0 Å². The second kappa shape index (κ2) is 9.58. The SMILES string of the molecule is COC(=O)c1ccccc1NC(=O)[C@@H]1c2ccccc2C(=O)N(CC(C)C)[C@H]1c1cccs1. The Hall–Kier alpha value is -3.45. The standard InChI is InChI=1S/C26H26N2O4S/c1-16(2)15-28-23(21-13-8-14-33-21)22(17-9-4-5-10-18(17)25(28)30)24(29)27-20-12-7-6-11-19(20)26(31)32-3/h4-14,16,22-23H,15H2,1-3H3,(H,27,29)/t22-,23+/m1/s1. The molecule has 0 saturated heterocycles. The number of ether oxygens (including phenoxy) is 1. The van der Waals surface area contributed by atoms with Gasteiger partial charge in [-0.2, -0.15) is 0 Å². The first-order chi connectivity index (χ1) is 15.9. The number of amides is 2. The van der Waals surface area contributed by atoms with Gasteiger partial charge in [0.15, 0.2) is 0 Å². The number of esters is 1. The number of benzene rings is 2. The summed E-state index contributed by atoms with van der Waals surface area (Å²) in [4.78, 5) is 42.3. The van der Waals surface area contributed by atoms with Crippen LogP contribution < -0.4 is 5.32 Å². The molecule has 1 aromatic heterocycles. The van der Waals surface area contributed by atoms with Crippen molar-refractivity contribution >= 4 is 34.8 Å². The first-order valence-corrected chi connectivity index (χ1v) is 11.7. The molecule has 6 nitrogen and oxygen atoms in total. The van der Waals surface area contributed by atoms with E-state index in [2.05, 4.69) is 19.2 Å². The molecular formula is C26H26N2O4S. The monoisotopic (exact) mass is 462 g/mol. The molecule has 0 bridgehead atoms. The van der Waals surface area contributed by atoms with Gasteiger partial charge in [0.25, 0.3) is 5.91 Å². The number of hydrogen-bond donors (Lipinski definition) is 1. The summed E-state index contributed by atoms with van der Waals surface area (Å²) in [7, 11) is 1.31. The molecule has 2 atom stereocenters. The Morgan fingerprint density at radius 1 is 1.06 bits per heavy atom. The van der Waals surface area contributed by atoms with Gasteiger partial charge in [0.1, 0.15) is 0 Å². The third-order valence-electron chi connectivity index (χ3n) is 5.71. The highest BCUT2D eigenvalue weighted by Crippen LogP contribution is 2.45. The van der Waals surface area contributed by atoms with Crippen LogP contribution in [0.1, 0.15) is 57.0 Å². The van der Waals surface area contributed by atoms with Crippen LogP contribution in [0, 0.1) is 5.92 Å². The highest BCUT2D eigenvalue weighted by atomic mass is 32.1. The topological polar surface area (TPSA) is 75.7 Å². The molecule has 33 heavy (non-hydrogen) atoms. The van der Waals surface area contributed by atoms with Crippen LogP contribution in [-0.4, -0.2) is 36.3 Å². The Kier molecular flexibility index (Phi) is 6.60. The summed E-state index contributed by atoms with van der Waals surface area (Å²) in [6.45, 7) is 4.64. The lowest BCUT2D eigenvalue weighted by Crippen LogP contribution is -2.47. The zero-order valence-electron chi connectivity index (χ0n) is 18.8. The number of carbonyl (C=O) groups excluding carboxylic acids is 3. The fraction of sp³-hybridized carbons (Fsp3) is 0.269. The molecule has 1 aliphatic rings. The van der Waals surface area contributed by atoms with Gasteiger partial charge in [0.05, 0.1) is 30.3 Å². The van der Waals surface area contributed by atoms with Crippen molar-refractivity contribution in [3.63, 3.8) is 0 Å². The van der Waals surface area contributed by atoms with Crippen LogP contribution in [0.2, 0.25) is 0 Å². The Bertz CT molecular complexity index is 1170. The molecule has 0 radical (unpaired) electrons. The van der Waals surface area contributed by atoms with Crippen molar-refractivity contribution in [3.8, 4) is 0 Å². The summed E-state index contributed by atoms with van der Waals surface area (Å²) >= 11 is 1.53. The lowest BCUT2D eigenvalue weighted by Gasteiger charge is -2.42. The molecule has 3 aromatic rings. The van der Waals surface area contributed by atoms with Gasteiger partial charge in [0.2, 0.25) is 5.91 Å². The average Bonchev–Trinajstić information content (AvgIpc) is 3.34. The summed E-state index contributed by atoms with van der Waals surface area (Å²) in [5, 5.41) is 4.90. The quantitative estimate of drug-likeness (QED) is 0.517. The molecule has 1 N–H and O–H groups in total. The molecular weight excluding hydrogens is 436 g/mol. The molecule has 4 rings (SSSR count). The number of hydrogen-bond acceptors (Lipinski definition) is 5. The minimum Gasteiger partial charge on any atom is -0.465 e. The first kappa shape index (κ1) is 22.7. The molecule has 0 spiro atoms. The van der Waals surface area contributed by atoms with Crippen LogP contribution in [0.25, 0.3) is 0 Å². The fourth-order valence-electron chi connectivity index (χ4n) is 4.34. The second-order valence-corrected chi connectivity index (χ2v) is 9.38. The second-order valence-electron chi connectivity index (χ2n) is 8.40. The summed E-state index contributed by atoms with van der Waals surface area (Å²) in [5.74, 6) is -1.29. The number of nitrogens with one attached hydrogen (secondary N) is 1. The van der Waals surface area contributed by atoms with E-state index in [9.17, 15) is 14.4 Å². The number of para-hydroxylation sites is 1. The Morgan fingerprint density at radius 3 is 2.48 bits per heavy atom. The first-order valence-electron chi connectivity index (χ1n) is 10.8. The molecule has 170 valence electrons. The van der Waals surface area contributed by atoms with Crippen molar-refractivity contribution in [2.45, 2.75) is 25.8 Å². The van der Waals surface area contributed by atoms with Crippen molar-refractivity contribution in [3.05, 3.63) is 87.6 Å². The van der Waals surface area contributed by atoms with Gasteiger partial charge >= 0.3 is 5.97 Å². The van der Waals surface area contributed by atoms with Gasteiger partial charge in [-0.1, -0.05) is 50.2 Å². The van der Waals surface area contributed by atoms with Crippen LogP contribution >= 0.6 is 11.3 Å². The van der Waals surface area contributed by atoms with E-state index in [0.717, 1.165) is 4.88 Å². The summed E-state index contributed by atoms with van der Waals surface area (Å²) in [6.07, 6.45) is 0. The molecule has 0 aliphatic carbocycles. The minimum absolute atomic E-state index is 0.0725. The van der Waals surface area contributed by atoms with Gasteiger partial charge < -0.3 is 15.0 Å². The van der Waals surface area contributed by atoms with E-state index in [-0.39, 0.29) is 23.3 Å². The fourth-order valence-corrected chi connectivity index (χ4v) is 5.21. The maximum Gasteiger partial charge on any atom is 0.339 e. The minimum atomic E-state index is -0.637. The lowest BCUT2D eigenvalue weighted by molar-refractivity contribution is -0.119. The Labute approximate surface area is 197 Å². The number of methoxy groups -OCH3 is 1. The van der Waals surface area contributed by atoms with Crippen molar-refractivity contribution < 1.29 is 19.1 Å². The molecule has 2 heterocycles. The Balaban J connectivity index is 1.82. The van der Waals surface area contributed by atoms with E-state index < -0.39 is 17.9 Å². The van der Waals surface area contributed by atoms with Gasteiger partial charge in [-0.25, -0.2) is 4.79 Å². The number of thiophene rings is 1. The van der Waals surface area contributed by atoms with E-state index in [1.807, 2.05) is 40.6 Å². The largest absolute Gasteiger partial charge is 0.465 e. The zero-order chi connectivity index (χ0) is 23.5. The maximum atomic E-state index is 13.8. The van der Waals surface area contributed by atoms with Crippen LogP contribution in [0.5, 0.6) is 0 Å². The zero-order valence-corrected chi connectivity index (χ0v) is 19.6. The van der Waals surface area contributed by atoms with Crippen LogP contribution in [0.15, 0.2) is 66.0 Å². The molecule has 0 saturated carbocycles. The van der Waals surface area contributed by atoms with Crippen LogP contribution in [0.3, 0.4) is 0 Å². The van der Waals surface area contributed by atoms with Crippen molar-refractivity contribution in [1.29, 1.82) is 0 Å². The number of anilines is 1. The van der Waals surface area contributed by atoms with Gasteiger partial charge in [-0.15, -0.1) is 11.3 Å². The number of nitrogens with zero attached hydrogens (tertiary/aromatic N) is 1. The van der Waals surface area contributed by atoms with Crippen LogP contribution in [-0.2, 0) is 9.53 Å². The number of rotatable bonds is 6. The van der Waals surface area contributed by atoms with E-state index in [0.29, 0.717) is 23.4 Å².